The van der Waals surface area contributed by atoms with Crippen molar-refractivity contribution in [1.82, 2.24) is 9.97 Å². The van der Waals surface area contributed by atoms with Crippen LogP contribution < -0.4 is 9.47 Å². The normalized spacial score (nSPS) is 11.4. The molecule has 0 saturated heterocycles. The van der Waals surface area contributed by atoms with Crippen LogP contribution in [0.5, 0.6) is 0 Å². The summed E-state index contributed by atoms with van der Waals surface area (Å²) in [7, 11) is 6.10. The summed E-state index contributed by atoms with van der Waals surface area (Å²) in [6.07, 6.45) is 7.94. The van der Waals surface area contributed by atoms with Gasteiger partial charge in [0.25, 0.3) is 0 Å². The van der Waals surface area contributed by atoms with Crippen LogP contribution in [0.2, 0.25) is 0 Å². The summed E-state index contributed by atoms with van der Waals surface area (Å²) in [5, 5.41) is 0. The molecular weight excluding hydrogens is 336 g/mol. The molecule has 0 N–H and O–H groups in total. The van der Waals surface area contributed by atoms with Crippen molar-refractivity contribution in [3.63, 3.8) is 0 Å². The quantitative estimate of drug-likeness (QED) is 0.519. The molecule has 0 amide bonds. The van der Waals surface area contributed by atoms with E-state index >= 15 is 0 Å². The van der Waals surface area contributed by atoms with E-state index in [2.05, 4.69) is 61.9 Å². The van der Waals surface area contributed by atoms with E-state index in [0.717, 1.165) is 16.8 Å². The lowest BCUT2D eigenvalue weighted by Crippen LogP contribution is -2.31. The molecule has 0 aliphatic rings. The third-order valence-electron chi connectivity index (χ3n) is 4.44. The predicted molar refractivity (Wildman–Crippen MR) is 108 cm³/mol. The van der Waals surface area contributed by atoms with Crippen LogP contribution in [0.1, 0.15) is 11.3 Å². The molecule has 0 bridgehead atoms. The second-order valence-corrected chi connectivity index (χ2v) is 6.62. The fourth-order valence-corrected chi connectivity index (χ4v) is 2.88. The summed E-state index contributed by atoms with van der Waals surface area (Å²) in [5.74, 6) is 0.578. The third kappa shape index (κ3) is 3.58. The number of aromatic nitrogens is 3. The highest BCUT2D eigenvalue weighted by Crippen LogP contribution is 2.22. The van der Waals surface area contributed by atoms with Crippen molar-refractivity contribution in [1.29, 1.82) is 0 Å². The van der Waals surface area contributed by atoms with Gasteiger partial charge in [0.2, 0.25) is 11.6 Å². The van der Waals surface area contributed by atoms with Gasteiger partial charge in [-0.3, -0.25) is 0 Å². The Labute approximate surface area is 158 Å². The smallest absolute Gasteiger partial charge is 0.234 e. The summed E-state index contributed by atoms with van der Waals surface area (Å²) < 4.78 is 7.86. The lowest BCUT2D eigenvalue weighted by Gasteiger charge is -2.11. The van der Waals surface area contributed by atoms with E-state index in [1.54, 1.807) is 6.20 Å². The second kappa shape index (κ2) is 7.03. The molecule has 5 heteroatoms. The van der Waals surface area contributed by atoms with Crippen molar-refractivity contribution < 1.29 is 8.98 Å². The highest BCUT2D eigenvalue weighted by Gasteiger charge is 2.13. The fourth-order valence-electron chi connectivity index (χ4n) is 2.88. The number of oxazole rings is 1. The summed E-state index contributed by atoms with van der Waals surface area (Å²) in [6, 6.07) is 16.3. The molecule has 0 unspecified atom stereocenters. The number of aryl methyl sites for hydroxylation is 1. The summed E-state index contributed by atoms with van der Waals surface area (Å²) in [5.41, 5.74) is 5.68. The maximum absolute atomic E-state index is 5.80. The first kappa shape index (κ1) is 17.0. The van der Waals surface area contributed by atoms with Crippen molar-refractivity contribution in [2.24, 2.45) is 7.05 Å². The molecule has 5 nitrogen and oxygen atoms in total. The zero-order valence-corrected chi connectivity index (χ0v) is 15.6. The minimum Gasteiger partial charge on any atom is -0.434 e. The molecular formula is C22H21N4O+. The second-order valence-electron chi connectivity index (χ2n) is 6.62. The van der Waals surface area contributed by atoms with Gasteiger partial charge in [-0.2, -0.15) is 4.98 Å². The van der Waals surface area contributed by atoms with Crippen LogP contribution in [0.15, 0.2) is 65.3 Å². The van der Waals surface area contributed by atoms with Crippen molar-refractivity contribution in [2.45, 2.75) is 0 Å². The molecule has 3 heterocycles. The highest BCUT2D eigenvalue weighted by molar-refractivity contribution is 5.72. The number of hydrogen-bond donors (Lipinski definition) is 0. The first-order valence-corrected chi connectivity index (χ1v) is 8.77. The van der Waals surface area contributed by atoms with E-state index in [9.17, 15) is 0 Å². The maximum atomic E-state index is 5.80. The summed E-state index contributed by atoms with van der Waals surface area (Å²) >= 11 is 0. The maximum Gasteiger partial charge on any atom is 0.234 e. The lowest BCUT2D eigenvalue weighted by atomic mass is 10.1. The average molecular weight is 357 g/mol. The van der Waals surface area contributed by atoms with Crippen molar-refractivity contribution in [3.05, 3.63) is 72.2 Å². The van der Waals surface area contributed by atoms with Gasteiger partial charge in [0, 0.05) is 38.1 Å². The fraction of sp³-hybridized carbons (Fsp3) is 0.136. The molecule has 134 valence electrons. The van der Waals surface area contributed by atoms with Crippen LogP contribution in [0.3, 0.4) is 0 Å². The van der Waals surface area contributed by atoms with Crippen LogP contribution in [0.4, 0.5) is 5.69 Å². The van der Waals surface area contributed by atoms with Crippen molar-refractivity contribution in [2.75, 3.05) is 19.0 Å². The molecule has 0 fully saturated rings. The van der Waals surface area contributed by atoms with E-state index < -0.39 is 0 Å². The van der Waals surface area contributed by atoms with E-state index in [1.165, 1.54) is 5.69 Å². The molecule has 1 aromatic carbocycles. The predicted octanol–water partition coefficient (Wildman–Crippen LogP) is 3.95. The molecule has 27 heavy (non-hydrogen) atoms. The van der Waals surface area contributed by atoms with Gasteiger partial charge in [-0.25, -0.2) is 9.55 Å². The monoisotopic (exact) mass is 357 g/mol. The van der Waals surface area contributed by atoms with Gasteiger partial charge in [0.05, 0.1) is 0 Å². The number of pyridine rings is 2. The molecule has 0 atom stereocenters. The van der Waals surface area contributed by atoms with Gasteiger partial charge < -0.3 is 9.32 Å². The number of hydrogen-bond acceptors (Lipinski definition) is 4. The van der Waals surface area contributed by atoms with Gasteiger partial charge in [-0.15, -0.1) is 0 Å². The standard InChI is InChI=1S/C22H21N4O/c1-25(2)18-10-6-16(7-11-18)8-12-19-13-9-17(15-26(19)3)22-24-21-20(27-22)5-4-14-23-21/h4-15H,1-3H3/q+1. The Bertz CT molecular complexity index is 1080. The average Bonchev–Trinajstić information content (AvgIpc) is 3.11. The molecule has 0 radical (unpaired) electrons. The minimum absolute atomic E-state index is 0.578. The lowest BCUT2D eigenvalue weighted by molar-refractivity contribution is -0.672. The number of benzene rings is 1. The Morgan fingerprint density at radius 2 is 1.81 bits per heavy atom. The zero-order valence-electron chi connectivity index (χ0n) is 15.6. The summed E-state index contributed by atoms with van der Waals surface area (Å²) in [4.78, 5) is 10.8. The first-order valence-electron chi connectivity index (χ1n) is 8.77. The van der Waals surface area contributed by atoms with Gasteiger partial charge in [0.1, 0.15) is 12.6 Å². The largest absolute Gasteiger partial charge is 0.434 e. The highest BCUT2D eigenvalue weighted by atomic mass is 16.3. The van der Waals surface area contributed by atoms with Gasteiger partial charge >= 0.3 is 0 Å². The summed E-state index contributed by atoms with van der Waals surface area (Å²) in [6.45, 7) is 0. The minimum atomic E-state index is 0.578. The zero-order chi connectivity index (χ0) is 18.8. The van der Waals surface area contributed by atoms with Crippen LogP contribution in [-0.2, 0) is 7.05 Å². The molecule has 4 aromatic rings. The number of nitrogens with zero attached hydrogens (tertiary/aromatic N) is 4. The first-order chi connectivity index (χ1) is 13.1. The molecule has 0 aliphatic carbocycles. The van der Waals surface area contributed by atoms with Crippen LogP contribution in [0, 0.1) is 0 Å². The van der Waals surface area contributed by atoms with Gasteiger partial charge in [-0.1, -0.05) is 12.1 Å². The van der Waals surface area contributed by atoms with Crippen LogP contribution in [0.25, 0.3) is 34.8 Å². The molecule has 0 aliphatic heterocycles. The van der Waals surface area contributed by atoms with E-state index in [0.29, 0.717) is 17.1 Å². The molecule has 0 saturated carbocycles. The third-order valence-corrected chi connectivity index (χ3v) is 4.44. The molecule has 4 rings (SSSR count). The van der Waals surface area contributed by atoms with E-state index in [-0.39, 0.29) is 0 Å². The molecule has 3 aromatic heterocycles. The molecule has 0 spiro atoms. The Morgan fingerprint density at radius 3 is 2.52 bits per heavy atom. The Morgan fingerprint density at radius 1 is 1.00 bits per heavy atom. The van der Waals surface area contributed by atoms with Crippen molar-refractivity contribution in [3.8, 4) is 11.5 Å². The number of rotatable bonds is 4. The Kier molecular flexibility index (Phi) is 4.42. The van der Waals surface area contributed by atoms with Crippen molar-refractivity contribution >= 4 is 29.1 Å². The topological polar surface area (TPSA) is 46.0 Å². The number of fused-ring (bicyclic) bond motifs is 1. The van der Waals surface area contributed by atoms with E-state index in [4.69, 9.17) is 4.42 Å². The van der Waals surface area contributed by atoms with Crippen LogP contribution in [-0.4, -0.2) is 24.1 Å². The Balaban J connectivity index is 1.58. The van der Waals surface area contributed by atoms with Gasteiger partial charge in [0.15, 0.2) is 17.4 Å². The SMILES string of the molecule is CN(C)c1ccc(/C=C/c2ccc(-c3nc4ncccc4o3)c[n+]2C)cc1. The van der Waals surface area contributed by atoms with E-state index in [1.807, 2.05) is 45.5 Å². The van der Waals surface area contributed by atoms with Gasteiger partial charge in [-0.05, 0) is 42.0 Å². The number of anilines is 1. The van der Waals surface area contributed by atoms with Crippen LogP contribution >= 0.6 is 0 Å². The Hall–Kier alpha value is -3.47.